The minimum absolute atomic E-state index is 0.00267. The van der Waals surface area contributed by atoms with Crippen molar-refractivity contribution in [2.24, 2.45) is 5.92 Å². The van der Waals surface area contributed by atoms with Crippen LogP contribution in [0.1, 0.15) is 12.8 Å². The summed E-state index contributed by atoms with van der Waals surface area (Å²) in [6.07, 6.45) is 1.75. The minimum Gasteiger partial charge on any atom is -0.486 e. The molecule has 5 rings (SSSR count). The van der Waals surface area contributed by atoms with E-state index in [9.17, 15) is 4.79 Å². The quantitative estimate of drug-likeness (QED) is 0.634. The van der Waals surface area contributed by atoms with Crippen molar-refractivity contribution in [3.05, 3.63) is 59.6 Å². The summed E-state index contributed by atoms with van der Waals surface area (Å²) in [6.45, 7) is 2.51. The fourth-order valence-corrected chi connectivity index (χ4v) is 4.16. The number of carbonyl (C=O) groups excluding carboxylic acids is 1. The summed E-state index contributed by atoms with van der Waals surface area (Å²) in [5.41, 5.74) is 2.46. The van der Waals surface area contributed by atoms with E-state index < -0.39 is 0 Å². The van der Waals surface area contributed by atoms with E-state index in [0.717, 1.165) is 36.5 Å². The largest absolute Gasteiger partial charge is 0.486 e. The molecule has 1 unspecified atom stereocenters. The smallest absolute Gasteiger partial charge is 0.229 e. The molecule has 1 fully saturated rings. The number of benzene rings is 2. The number of piperidine rings is 1. The van der Waals surface area contributed by atoms with Crippen LogP contribution < -0.4 is 19.7 Å². The van der Waals surface area contributed by atoms with Gasteiger partial charge in [0.05, 0.1) is 11.6 Å². The Balaban J connectivity index is 1.24. The zero-order valence-corrected chi connectivity index (χ0v) is 18.2. The average Bonchev–Trinajstić information content (AvgIpc) is 2.85. The summed E-state index contributed by atoms with van der Waals surface area (Å²) in [5.74, 6) is 2.01. The molecule has 1 aromatic heterocycles. The zero-order chi connectivity index (χ0) is 21.9. The molecule has 3 aromatic rings. The number of anilines is 2. The molecule has 1 saturated heterocycles. The Labute approximate surface area is 191 Å². The van der Waals surface area contributed by atoms with E-state index in [1.54, 1.807) is 0 Å². The molecule has 164 valence electrons. The van der Waals surface area contributed by atoms with Gasteiger partial charge in [-0.3, -0.25) is 4.79 Å². The molecule has 8 heteroatoms. The van der Waals surface area contributed by atoms with E-state index in [1.807, 2.05) is 54.6 Å². The number of nitrogens with one attached hydrogen (secondary N) is 1. The van der Waals surface area contributed by atoms with Gasteiger partial charge in [0.2, 0.25) is 5.91 Å². The molecule has 0 spiro atoms. The van der Waals surface area contributed by atoms with E-state index in [4.69, 9.17) is 21.1 Å². The highest BCUT2D eigenvalue weighted by Gasteiger charge is 2.27. The van der Waals surface area contributed by atoms with Crippen LogP contribution in [0.4, 0.5) is 11.5 Å². The molecular formula is C24H23ClN4O3. The van der Waals surface area contributed by atoms with Crippen molar-refractivity contribution >= 4 is 29.0 Å². The molecule has 32 heavy (non-hydrogen) atoms. The van der Waals surface area contributed by atoms with E-state index in [-0.39, 0.29) is 11.8 Å². The summed E-state index contributed by atoms with van der Waals surface area (Å²) >= 11 is 5.96. The molecule has 7 nitrogen and oxygen atoms in total. The Morgan fingerprint density at radius 3 is 2.59 bits per heavy atom. The number of ether oxygens (including phenoxy) is 2. The fourth-order valence-electron chi connectivity index (χ4n) is 4.03. The summed E-state index contributed by atoms with van der Waals surface area (Å²) in [4.78, 5) is 15.0. The van der Waals surface area contributed by atoms with Crippen LogP contribution in [-0.4, -0.2) is 42.4 Å². The second-order valence-electron chi connectivity index (χ2n) is 7.92. The minimum atomic E-state index is -0.130. The molecule has 2 aliphatic rings. The van der Waals surface area contributed by atoms with Crippen molar-refractivity contribution in [1.82, 2.24) is 10.2 Å². The Morgan fingerprint density at radius 1 is 1.00 bits per heavy atom. The predicted molar refractivity (Wildman–Crippen MR) is 123 cm³/mol. The molecular weight excluding hydrogens is 428 g/mol. The van der Waals surface area contributed by atoms with Crippen molar-refractivity contribution in [2.45, 2.75) is 12.8 Å². The third-order valence-corrected chi connectivity index (χ3v) is 5.97. The lowest BCUT2D eigenvalue weighted by Gasteiger charge is -2.32. The molecule has 1 atom stereocenters. The number of hydrogen-bond acceptors (Lipinski definition) is 6. The van der Waals surface area contributed by atoms with Gasteiger partial charge in [-0.05, 0) is 49.2 Å². The molecule has 0 aliphatic carbocycles. The first-order valence-electron chi connectivity index (χ1n) is 10.7. The van der Waals surface area contributed by atoms with Crippen LogP contribution in [0.15, 0.2) is 54.6 Å². The van der Waals surface area contributed by atoms with Gasteiger partial charge in [0.25, 0.3) is 0 Å². The number of nitrogens with zero attached hydrogens (tertiary/aromatic N) is 3. The lowest BCUT2D eigenvalue weighted by atomic mass is 9.97. The third-order valence-electron chi connectivity index (χ3n) is 5.72. The Morgan fingerprint density at radius 2 is 1.81 bits per heavy atom. The molecule has 0 radical (unpaired) electrons. The van der Waals surface area contributed by atoms with Crippen LogP contribution in [0, 0.1) is 5.92 Å². The third kappa shape index (κ3) is 4.48. The highest BCUT2D eigenvalue weighted by molar-refractivity contribution is 6.30. The van der Waals surface area contributed by atoms with Gasteiger partial charge in [-0.2, -0.15) is 0 Å². The van der Waals surface area contributed by atoms with E-state index >= 15 is 0 Å². The lowest BCUT2D eigenvalue weighted by Crippen LogP contribution is -2.41. The van der Waals surface area contributed by atoms with Gasteiger partial charge in [-0.25, -0.2) is 0 Å². The van der Waals surface area contributed by atoms with Gasteiger partial charge >= 0.3 is 0 Å². The van der Waals surface area contributed by atoms with Crippen LogP contribution in [0.25, 0.3) is 11.3 Å². The second kappa shape index (κ2) is 9.04. The fraction of sp³-hybridized carbons (Fsp3) is 0.292. The maximum absolute atomic E-state index is 12.9. The Hall–Kier alpha value is -3.32. The van der Waals surface area contributed by atoms with Crippen molar-refractivity contribution < 1.29 is 14.3 Å². The van der Waals surface area contributed by atoms with Crippen LogP contribution in [0.2, 0.25) is 5.02 Å². The summed E-state index contributed by atoms with van der Waals surface area (Å²) in [7, 11) is 0. The first-order valence-corrected chi connectivity index (χ1v) is 11.1. The van der Waals surface area contributed by atoms with E-state index in [2.05, 4.69) is 20.4 Å². The molecule has 2 aliphatic heterocycles. The SMILES string of the molecule is O=C(Nc1ccc2c(c1)OCCO2)C1CCCN(c2ccc(-c3ccc(Cl)cc3)nn2)C1. The van der Waals surface area contributed by atoms with Gasteiger partial charge in [-0.15, -0.1) is 10.2 Å². The van der Waals surface area contributed by atoms with Gasteiger partial charge in [0.1, 0.15) is 13.2 Å². The van der Waals surface area contributed by atoms with Crippen molar-refractivity contribution in [2.75, 3.05) is 36.5 Å². The maximum Gasteiger partial charge on any atom is 0.229 e. The standard InChI is InChI=1S/C24H23ClN4O3/c25-18-5-3-16(4-6-18)20-8-10-23(28-27-20)29-11-1-2-17(15-29)24(30)26-19-7-9-21-22(14-19)32-13-12-31-21/h3-10,14,17H,1-2,11-13,15H2,(H,26,30). The predicted octanol–water partition coefficient (Wildman–Crippen LogP) is 4.42. The van der Waals surface area contributed by atoms with Crippen molar-refractivity contribution in [3.63, 3.8) is 0 Å². The molecule has 1 N–H and O–H groups in total. The van der Waals surface area contributed by atoms with Crippen LogP contribution in [0.5, 0.6) is 11.5 Å². The topological polar surface area (TPSA) is 76.6 Å². The van der Waals surface area contributed by atoms with E-state index in [1.165, 1.54) is 0 Å². The normalized spacial score (nSPS) is 17.7. The molecule has 2 aromatic carbocycles. The number of hydrogen-bond donors (Lipinski definition) is 1. The van der Waals surface area contributed by atoms with Gasteiger partial charge in [0.15, 0.2) is 17.3 Å². The lowest BCUT2D eigenvalue weighted by molar-refractivity contribution is -0.120. The second-order valence-corrected chi connectivity index (χ2v) is 8.35. The van der Waals surface area contributed by atoms with Gasteiger partial charge in [-0.1, -0.05) is 23.7 Å². The molecule has 0 saturated carbocycles. The number of amides is 1. The number of carbonyl (C=O) groups is 1. The van der Waals surface area contributed by atoms with Crippen molar-refractivity contribution in [1.29, 1.82) is 0 Å². The van der Waals surface area contributed by atoms with E-state index in [0.29, 0.717) is 42.0 Å². The average molecular weight is 451 g/mol. The Kier molecular flexibility index (Phi) is 5.81. The Bertz CT molecular complexity index is 1110. The maximum atomic E-state index is 12.9. The van der Waals surface area contributed by atoms with Gasteiger partial charge in [0, 0.05) is 35.4 Å². The van der Waals surface area contributed by atoms with Crippen LogP contribution in [0.3, 0.4) is 0 Å². The molecule has 3 heterocycles. The van der Waals surface area contributed by atoms with Gasteiger partial charge < -0.3 is 19.7 Å². The highest BCUT2D eigenvalue weighted by Crippen LogP contribution is 2.33. The molecule has 1 amide bonds. The van der Waals surface area contributed by atoms with Crippen LogP contribution in [-0.2, 0) is 4.79 Å². The first kappa shape index (κ1) is 20.6. The monoisotopic (exact) mass is 450 g/mol. The zero-order valence-electron chi connectivity index (χ0n) is 17.5. The highest BCUT2D eigenvalue weighted by atomic mass is 35.5. The number of fused-ring (bicyclic) bond motifs is 1. The number of rotatable bonds is 4. The first-order chi connectivity index (χ1) is 15.7. The summed E-state index contributed by atoms with van der Waals surface area (Å²) in [6, 6.07) is 16.9. The number of halogens is 1. The number of aromatic nitrogens is 2. The van der Waals surface area contributed by atoms with Crippen LogP contribution >= 0.6 is 11.6 Å². The van der Waals surface area contributed by atoms with Crippen molar-refractivity contribution in [3.8, 4) is 22.8 Å². The molecule has 0 bridgehead atoms. The summed E-state index contributed by atoms with van der Waals surface area (Å²) in [5, 5.41) is 12.5. The summed E-state index contributed by atoms with van der Waals surface area (Å²) < 4.78 is 11.1.